The normalized spacial score (nSPS) is 36.0. The second-order valence-corrected chi connectivity index (χ2v) is 4.69. The van der Waals surface area contributed by atoms with E-state index in [1.165, 1.54) is 25.8 Å². The predicted octanol–water partition coefficient (Wildman–Crippen LogP) is 1.67. The van der Waals surface area contributed by atoms with Crippen LogP contribution in [-0.4, -0.2) is 50.0 Å². The Balaban J connectivity index is 1.90. The van der Waals surface area contributed by atoms with E-state index in [-0.39, 0.29) is 0 Å². The molecule has 0 aromatic rings. The molecule has 15 heavy (non-hydrogen) atoms. The maximum Gasteiger partial charge on any atom is 0.0759 e. The third-order valence-electron chi connectivity index (χ3n) is 4.14. The molecule has 0 aromatic carbocycles. The van der Waals surface area contributed by atoms with Gasteiger partial charge in [0.05, 0.1) is 12.7 Å². The fraction of sp³-hybridized carbons (Fsp3) is 1.00. The number of hydrogen-bond donors (Lipinski definition) is 0. The lowest BCUT2D eigenvalue weighted by molar-refractivity contribution is -0.184. The average molecular weight is 213 g/mol. The zero-order valence-electron chi connectivity index (χ0n) is 10.00. The third-order valence-corrected chi connectivity index (χ3v) is 4.14. The number of methoxy groups -OCH3 is 1. The van der Waals surface area contributed by atoms with Crippen molar-refractivity contribution in [3.8, 4) is 0 Å². The Kier molecular flexibility index (Phi) is 3.65. The van der Waals surface area contributed by atoms with Crippen molar-refractivity contribution in [1.82, 2.24) is 4.90 Å². The van der Waals surface area contributed by atoms with Crippen molar-refractivity contribution in [2.75, 3.05) is 33.4 Å². The van der Waals surface area contributed by atoms with Gasteiger partial charge in [0.2, 0.25) is 0 Å². The molecule has 0 aromatic heterocycles. The van der Waals surface area contributed by atoms with Crippen molar-refractivity contribution in [1.29, 1.82) is 0 Å². The van der Waals surface area contributed by atoms with Gasteiger partial charge in [-0.05, 0) is 25.7 Å². The van der Waals surface area contributed by atoms with Crippen molar-refractivity contribution >= 4 is 0 Å². The average Bonchev–Trinajstić information content (AvgIpc) is 2.22. The monoisotopic (exact) mass is 213 g/mol. The Morgan fingerprint density at radius 1 is 1.53 bits per heavy atom. The van der Waals surface area contributed by atoms with Gasteiger partial charge in [0.15, 0.2) is 0 Å². The van der Waals surface area contributed by atoms with Gasteiger partial charge in [0.25, 0.3) is 0 Å². The molecule has 1 heterocycles. The van der Waals surface area contributed by atoms with Crippen molar-refractivity contribution in [3.05, 3.63) is 0 Å². The van der Waals surface area contributed by atoms with Gasteiger partial charge in [0, 0.05) is 32.3 Å². The largest absolute Gasteiger partial charge is 0.385 e. The lowest BCUT2D eigenvalue weighted by atomic mass is 9.69. The van der Waals surface area contributed by atoms with Crippen molar-refractivity contribution in [3.63, 3.8) is 0 Å². The predicted molar refractivity (Wildman–Crippen MR) is 60.1 cm³/mol. The molecule has 3 heteroatoms. The van der Waals surface area contributed by atoms with Crippen LogP contribution in [0.25, 0.3) is 0 Å². The van der Waals surface area contributed by atoms with E-state index in [4.69, 9.17) is 9.47 Å². The molecule has 88 valence electrons. The number of fused-ring (bicyclic) bond motifs is 1. The Bertz CT molecular complexity index is 206. The van der Waals surface area contributed by atoms with Crippen LogP contribution in [0.2, 0.25) is 0 Å². The molecule has 3 nitrogen and oxygen atoms in total. The van der Waals surface area contributed by atoms with Gasteiger partial charge in [-0.3, -0.25) is 4.90 Å². The minimum atomic E-state index is 0.381. The van der Waals surface area contributed by atoms with E-state index < -0.39 is 0 Å². The van der Waals surface area contributed by atoms with Crippen LogP contribution in [0.1, 0.15) is 32.6 Å². The van der Waals surface area contributed by atoms with Crippen molar-refractivity contribution < 1.29 is 9.47 Å². The second kappa shape index (κ2) is 4.81. The number of hydrogen-bond acceptors (Lipinski definition) is 3. The van der Waals surface area contributed by atoms with E-state index in [1.54, 1.807) is 7.11 Å². The minimum Gasteiger partial charge on any atom is -0.385 e. The molecule has 1 aliphatic carbocycles. The summed E-state index contributed by atoms with van der Waals surface area (Å²) in [5.74, 6) is 0. The quantitative estimate of drug-likeness (QED) is 0.648. The maximum absolute atomic E-state index is 5.83. The van der Waals surface area contributed by atoms with E-state index in [1.807, 2.05) is 0 Å². The number of rotatable bonds is 5. The van der Waals surface area contributed by atoms with E-state index >= 15 is 0 Å². The maximum atomic E-state index is 5.83. The van der Waals surface area contributed by atoms with Gasteiger partial charge in [0.1, 0.15) is 0 Å². The van der Waals surface area contributed by atoms with Crippen LogP contribution in [0.4, 0.5) is 0 Å². The van der Waals surface area contributed by atoms with Crippen LogP contribution < -0.4 is 0 Å². The third kappa shape index (κ3) is 1.93. The molecule has 0 bridgehead atoms. The number of ether oxygens (including phenoxy) is 2. The molecule has 0 amide bonds. The van der Waals surface area contributed by atoms with Gasteiger partial charge in [-0.2, -0.15) is 0 Å². The van der Waals surface area contributed by atoms with Crippen molar-refractivity contribution in [2.24, 2.45) is 0 Å². The highest BCUT2D eigenvalue weighted by Crippen LogP contribution is 2.44. The fourth-order valence-corrected chi connectivity index (χ4v) is 3.09. The molecule has 2 aliphatic rings. The Morgan fingerprint density at radius 2 is 2.40 bits per heavy atom. The molecular formula is C12H23NO2. The highest BCUT2D eigenvalue weighted by atomic mass is 16.5. The van der Waals surface area contributed by atoms with Crippen LogP contribution in [0.3, 0.4) is 0 Å². The Labute approximate surface area is 92.7 Å². The smallest absolute Gasteiger partial charge is 0.0759 e. The molecule has 1 saturated carbocycles. The first kappa shape index (κ1) is 11.4. The van der Waals surface area contributed by atoms with Gasteiger partial charge in [-0.15, -0.1) is 0 Å². The minimum absolute atomic E-state index is 0.381. The highest BCUT2D eigenvalue weighted by Gasteiger charge is 2.52. The summed E-state index contributed by atoms with van der Waals surface area (Å²) in [5.41, 5.74) is 0.381. The summed E-state index contributed by atoms with van der Waals surface area (Å²) < 4.78 is 11.0. The topological polar surface area (TPSA) is 21.7 Å². The summed E-state index contributed by atoms with van der Waals surface area (Å²) in [6, 6.07) is 0. The summed E-state index contributed by atoms with van der Waals surface area (Å²) >= 11 is 0. The molecule has 1 saturated heterocycles. The van der Waals surface area contributed by atoms with Gasteiger partial charge < -0.3 is 9.47 Å². The molecule has 0 N–H and O–H groups in total. The number of morpholine rings is 1. The SMILES string of the molecule is CC[C@]12CC[C@@H]1OCCN2CCCOC. The van der Waals surface area contributed by atoms with E-state index in [0.717, 1.165) is 26.2 Å². The molecule has 0 radical (unpaired) electrons. The second-order valence-electron chi connectivity index (χ2n) is 4.69. The first-order chi connectivity index (χ1) is 7.33. The van der Waals surface area contributed by atoms with Crippen LogP contribution in [0.15, 0.2) is 0 Å². The summed E-state index contributed by atoms with van der Waals surface area (Å²) in [4.78, 5) is 2.64. The van der Waals surface area contributed by atoms with Crippen LogP contribution >= 0.6 is 0 Å². The first-order valence-electron chi connectivity index (χ1n) is 6.19. The van der Waals surface area contributed by atoms with Crippen molar-refractivity contribution in [2.45, 2.75) is 44.2 Å². The van der Waals surface area contributed by atoms with Crippen LogP contribution in [-0.2, 0) is 9.47 Å². The zero-order valence-corrected chi connectivity index (χ0v) is 10.00. The van der Waals surface area contributed by atoms with Gasteiger partial charge >= 0.3 is 0 Å². The summed E-state index contributed by atoms with van der Waals surface area (Å²) in [5, 5.41) is 0. The summed E-state index contributed by atoms with van der Waals surface area (Å²) in [6.45, 7) is 6.36. The van der Waals surface area contributed by atoms with Crippen LogP contribution in [0.5, 0.6) is 0 Å². The highest BCUT2D eigenvalue weighted by molar-refractivity contribution is 5.07. The fourth-order valence-electron chi connectivity index (χ4n) is 3.09. The van der Waals surface area contributed by atoms with E-state index in [2.05, 4.69) is 11.8 Å². The lowest BCUT2D eigenvalue weighted by Gasteiger charge is -2.58. The molecule has 1 aliphatic heterocycles. The Morgan fingerprint density at radius 3 is 3.00 bits per heavy atom. The number of nitrogens with zero attached hydrogens (tertiary/aromatic N) is 1. The molecule has 0 unspecified atom stereocenters. The molecule has 2 fully saturated rings. The standard InChI is InChI=1S/C12H23NO2/c1-3-12-6-5-11(12)15-10-8-13(12)7-4-9-14-2/h11H,3-10H2,1-2H3/t11-,12-/m0/s1. The molecule has 2 rings (SSSR count). The van der Waals surface area contributed by atoms with Gasteiger partial charge in [-0.25, -0.2) is 0 Å². The van der Waals surface area contributed by atoms with Gasteiger partial charge in [-0.1, -0.05) is 6.92 Å². The molecule has 2 atom stereocenters. The summed E-state index contributed by atoms with van der Waals surface area (Å²) in [7, 11) is 1.78. The summed E-state index contributed by atoms with van der Waals surface area (Å²) in [6.07, 6.45) is 5.46. The van der Waals surface area contributed by atoms with E-state index in [9.17, 15) is 0 Å². The lowest BCUT2D eigenvalue weighted by Crippen LogP contribution is -2.67. The molecule has 0 spiro atoms. The van der Waals surface area contributed by atoms with Crippen LogP contribution in [0, 0.1) is 0 Å². The zero-order chi connectivity index (χ0) is 10.7. The molecular weight excluding hydrogens is 190 g/mol. The Hall–Kier alpha value is -0.120. The van der Waals surface area contributed by atoms with E-state index in [0.29, 0.717) is 11.6 Å². The first-order valence-corrected chi connectivity index (χ1v) is 6.19.